The van der Waals surface area contributed by atoms with Crippen LogP contribution in [0, 0.1) is 0 Å². The molecule has 0 bridgehead atoms. The van der Waals surface area contributed by atoms with Crippen molar-refractivity contribution in [1.82, 2.24) is 0 Å². The number of carbonyl (C=O) groups excluding carboxylic acids is 1. The van der Waals surface area contributed by atoms with Crippen molar-refractivity contribution in [2.75, 3.05) is 12.9 Å². The van der Waals surface area contributed by atoms with Gasteiger partial charge in [0.25, 0.3) is 0 Å². The summed E-state index contributed by atoms with van der Waals surface area (Å²) in [5.41, 5.74) is 0. The predicted octanol–water partition coefficient (Wildman–Crippen LogP) is 0.881. The molecule has 0 aromatic heterocycles. The largest absolute Gasteiger partial charge is 0.478 e. The van der Waals surface area contributed by atoms with Crippen LogP contribution in [-0.2, 0) is 14.3 Å². The van der Waals surface area contributed by atoms with Crippen LogP contribution in [0.15, 0.2) is 11.5 Å². The summed E-state index contributed by atoms with van der Waals surface area (Å²) in [6, 6.07) is 0. The Balaban J connectivity index is 3.33. The van der Waals surface area contributed by atoms with Crippen LogP contribution in [0.2, 0.25) is 0 Å². The molecule has 0 aliphatic carbocycles. The summed E-state index contributed by atoms with van der Waals surface area (Å²) in [6.07, 6.45) is 1.33. The zero-order valence-corrected chi connectivity index (χ0v) is 7.47. The van der Waals surface area contributed by atoms with Crippen LogP contribution >= 0.6 is 11.8 Å². The molecule has 5 heteroatoms. The molecule has 0 atom stereocenters. The Labute approximate surface area is 74.6 Å². The molecule has 0 aliphatic rings. The van der Waals surface area contributed by atoms with E-state index in [2.05, 4.69) is 4.74 Å². The Kier molecular flexibility index (Phi) is 6.18. The number of carboxylic acids is 1. The molecule has 0 saturated heterocycles. The summed E-state index contributed by atoms with van der Waals surface area (Å²) >= 11 is 1.26. The van der Waals surface area contributed by atoms with E-state index in [1.807, 2.05) is 0 Å². The highest BCUT2D eigenvalue weighted by molar-refractivity contribution is 8.02. The molecule has 0 aromatic carbocycles. The second-order valence-corrected chi connectivity index (χ2v) is 2.85. The third-order valence-electron chi connectivity index (χ3n) is 0.959. The fourth-order valence-electron chi connectivity index (χ4n) is 0.419. The quantitative estimate of drug-likeness (QED) is 0.396. The van der Waals surface area contributed by atoms with Crippen molar-refractivity contribution in [2.24, 2.45) is 0 Å². The highest BCUT2D eigenvalue weighted by Gasteiger charge is 1.97. The Hall–Kier alpha value is -0.970. The van der Waals surface area contributed by atoms with E-state index < -0.39 is 5.97 Å². The lowest BCUT2D eigenvalue weighted by Gasteiger charge is -1.94. The molecule has 0 unspecified atom stereocenters. The summed E-state index contributed by atoms with van der Waals surface area (Å²) in [6.45, 7) is 0. The Morgan fingerprint density at radius 2 is 2.25 bits per heavy atom. The topological polar surface area (TPSA) is 63.6 Å². The molecule has 0 aliphatic heterocycles. The molecule has 68 valence electrons. The smallest absolute Gasteiger partial charge is 0.328 e. The lowest BCUT2D eigenvalue weighted by Crippen LogP contribution is -2.00. The maximum absolute atomic E-state index is 10.5. The molecule has 0 saturated carbocycles. The Morgan fingerprint density at radius 1 is 1.58 bits per heavy atom. The third-order valence-corrected chi connectivity index (χ3v) is 1.73. The van der Waals surface area contributed by atoms with Crippen LogP contribution < -0.4 is 0 Å². The summed E-state index contributed by atoms with van der Waals surface area (Å²) in [5.74, 6) is -0.733. The number of rotatable bonds is 5. The van der Waals surface area contributed by atoms with Gasteiger partial charge in [-0.15, -0.1) is 11.8 Å². The van der Waals surface area contributed by atoms with Gasteiger partial charge in [-0.1, -0.05) is 0 Å². The highest BCUT2D eigenvalue weighted by atomic mass is 32.2. The van der Waals surface area contributed by atoms with Gasteiger partial charge < -0.3 is 9.84 Å². The average Bonchev–Trinajstić information content (AvgIpc) is 2.03. The van der Waals surface area contributed by atoms with Crippen molar-refractivity contribution in [3.05, 3.63) is 11.5 Å². The zero-order valence-electron chi connectivity index (χ0n) is 6.65. The first-order valence-corrected chi connectivity index (χ1v) is 4.29. The lowest BCUT2D eigenvalue weighted by molar-refractivity contribution is -0.140. The minimum absolute atomic E-state index is 0.286. The molecule has 0 heterocycles. The molecule has 0 rings (SSSR count). The van der Waals surface area contributed by atoms with Crippen LogP contribution in [0.3, 0.4) is 0 Å². The highest BCUT2D eigenvalue weighted by Crippen LogP contribution is 2.04. The Morgan fingerprint density at radius 3 is 2.75 bits per heavy atom. The standard InChI is InChI=1S/C7H10O4S/c1-11-7(10)3-5-12-4-2-6(8)9/h2,4H,3,5H2,1H3,(H,8,9). The van der Waals surface area contributed by atoms with E-state index in [1.54, 1.807) is 0 Å². The van der Waals surface area contributed by atoms with E-state index in [0.717, 1.165) is 6.08 Å². The monoisotopic (exact) mass is 190 g/mol. The first-order valence-electron chi connectivity index (χ1n) is 3.24. The van der Waals surface area contributed by atoms with Gasteiger partial charge in [0, 0.05) is 11.8 Å². The summed E-state index contributed by atoms with van der Waals surface area (Å²) in [5, 5.41) is 9.61. The molecular formula is C7H10O4S. The van der Waals surface area contributed by atoms with Gasteiger partial charge in [0.15, 0.2) is 0 Å². The number of hydrogen-bond donors (Lipinski definition) is 1. The lowest BCUT2D eigenvalue weighted by atomic mass is 10.5. The minimum Gasteiger partial charge on any atom is -0.478 e. The van der Waals surface area contributed by atoms with Gasteiger partial charge in [-0.05, 0) is 5.41 Å². The second-order valence-electron chi connectivity index (χ2n) is 1.84. The van der Waals surface area contributed by atoms with E-state index in [1.165, 1.54) is 24.3 Å². The van der Waals surface area contributed by atoms with E-state index in [0.29, 0.717) is 12.2 Å². The number of ether oxygens (including phenoxy) is 1. The first-order chi connectivity index (χ1) is 5.66. The molecule has 0 fully saturated rings. The molecule has 0 radical (unpaired) electrons. The summed E-state index contributed by atoms with van der Waals surface area (Å²) < 4.78 is 4.39. The first kappa shape index (κ1) is 11.0. The van der Waals surface area contributed by atoms with Crippen molar-refractivity contribution in [3.8, 4) is 0 Å². The molecule has 1 N–H and O–H groups in total. The van der Waals surface area contributed by atoms with Crippen LogP contribution in [-0.4, -0.2) is 29.9 Å². The van der Waals surface area contributed by atoms with Crippen LogP contribution in [0.1, 0.15) is 6.42 Å². The number of carboxylic acid groups (broad SMARTS) is 1. The van der Waals surface area contributed by atoms with Gasteiger partial charge in [0.2, 0.25) is 0 Å². The van der Waals surface area contributed by atoms with Gasteiger partial charge in [0.05, 0.1) is 13.5 Å². The van der Waals surface area contributed by atoms with Crippen molar-refractivity contribution in [1.29, 1.82) is 0 Å². The van der Waals surface area contributed by atoms with Gasteiger partial charge >= 0.3 is 11.9 Å². The number of esters is 1. The minimum atomic E-state index is -0.986. The molecule has 4 nitrogen and oxygen atoms in total. The van der Waals surface area contributed by atoms with E-state index in [4.69, 9.17) is 5.11 Å². The molecular weight excluding hydrogens is 180 g/mol. The van der Waals surface area contributed by atoms with Gasteiger partial charge in [0.1, 0.15) is 0 Å². The number of hydrogen-bond acceptors (Lipinski definition) is 4. The predicted molar refractivity (Wildman–Crippen MR) is 45.9 cm³/mol. The number of aliphatic carboxylic acids is 1. The van der Waals surface area contributed by atoms with Crippen LogP contribution in [0.25, 0.3) is 0 Å². The van der Waals surface area contributed by atoms with Crippen LogP contribution in [0.5, 0.6) is 0 Å². The number of thioether (sulfide) groups is 1. The van der Waals surface area contributed by atoms with E-state index >= 15 is 0 Å². The van der Waals surface area contributed by atoms with Crippen molar-refractivity contribution >= 4 is 23.7 Å². The Bertz CT molecular complexity index is 188. The van der Waals surface area contributed by atoms with Gasteiger partial charge in [-0.3, -0.25) is 4.79 Å². The maximum Gasteiger partial charge on any atom is 0.328 e. The normalized spacial score (nSPS) is 10.1. The zero-order chi connectivity index (χ0) is 9.40. The average molecular weight is 190 g/mol. The van der Waals surface area contributed by atoms with Gasteiger partial charge in [-0.2, -0.15) is 0 Å². The molecule has 0 aromatic rings. The molecule has 0 amide bonds. The molecule has 0 spiro atoms. The maximum atomic E-state index is 10.5. The third kappa shape index (κ3) is 7.14. The van der Waals surface area contributed by atoms with Crippen molar-refractivity contribution in [3.63, 3.8) is 0 Å². The summed E-state index contributed by atoms with van der Waals surface area (Å²) in [4.78, 5) is 20.5. The van der Waals surface area contributed by atoms with Crippen molar-refractivity contribution < 1.29 is 19.4 Å². The summed E-state index contributed by atoms with van der Waals surface area (Å²) in [7, 11) is 1.32. The van der Waals surface area contributed by atoms with Gasteiger partial charge in [-0.25, -0.2) is 4.79 Å². The fourth-order valence-corrected chi connectivity index (χ4v) is 1.05. The second kappa shape index (κ2) is 6.72. The van der Waals surface area contributed by atoms with E-state index in [9.17, 15) is 9.59 Å². The number of carbonyl (C=O) groups is 2. The fraction of sp³-hybridized carbons (Fsp3) is 0.429. The van der Waals surface area contributed by atoms with Crippen LogP contribution in [0.4, 0.5) is 0 Å². The van der Waals surface area contributed by atoms with Crippen molar-refractivity contribution in [2.45, 2.75) is 6.42 Å². The number of methoxy groups -OCH3 is 1. The SMILES string of the molecule is COC(=O)CCSC=CC(=O)O. The van der Waals surface area contributed by atoms with E-state index in [-0.39, 0.29) is 5.97 Å². The molecule has 12 heavy (non-hydrogen) atoms.